The van der Waals surface area contributed by atoms with Gasteiger partial charge in [-0.25, -0.2) is 12.8 Å². The van der Waals surface area contributed by atoms with E-state index in [0.717, 1.165) is 31.3 Å². The Morgan fingerprint density at radius 2 is 1.86 bits per heavy atom. The number of nitrogens with one attached hydrogen (secondary N) is 1. The molecule has 0 radical (unpaired) electrons. The van der Waals surface area contributed by atoms with Gasteiger partial charge in [0.25, 0.3) is 0 Å². The minimum absolute atomic E-state index is 0.143. The van der Waals surface area contributed by atoms with Crippen molar-refractivity contribution < 1.29 is 22.7 Å². The van der Waals surface area contributed by atoms with E-state index in [1.807, 2.05) is 0 Å². The maximum atomic E-state index is 13.0. The first-order valence-electron chi connectivity index (χ1n) is 9.34. The Hall–Kier alpha value is -2.42. The molecule has 3 rings (SSSR count). The lowest BCUT2D eigenvalue weighted by Crippen LogP contribution is -2.38. The highest BCUT2D eigenvalue weighted by Crippen LogP contribution is 2.23. The number of benzene rings is 2. The SMILES string of the molecule is CS(=O)(=O)Nc1ccc(OCC(O)CN2CC=C(c3ccc(F)cc3)CC2)cc1. The van der Waals surface area contributed by atoms with Crippen molar-refractivity contribution in [3.8, 4) is 5.75 Å². The van der Waals surface area contributed by atoms with E-state index in [1.165, 1.54) is 17.7 Å². The fraction of sp³-hybridized carbons (Fsp3) is 0.333. The maximum Gasteiger partial charge on any atom is 0.229 e. The average molecular weight is 421 g/mol. The van der Waals surface area contributed by atoms with E-state index in [0.29, 0.717) is 18.0 Å². The van der Waals surface area contributed by atoms with E-state index in [-0.39, 0.29) is 12.4 Å². The first-order chi connectivity index (χ1) is 13.8. The van der Waals surface area contributed by atoms with Crippen LogP contribution in [0.2, 0.25) is 0 Å². The number of aliphatic hydroxyl groups is 1. The molecule has 1 aliphatic heterocycles. The summed E-state index contributed by atoms with van der Waals surface area (Å²) in [5, 5.41) is 10.3. The molecule has 1 atom stereocenters. The van der Waals surface area contributed by atoms with Gasteiger partial charge in [0.05, 0.1) is 6.26 Å². The second-order valence-electron chi connectivity index (χ2n) is 7.11. The number of anilines is 1. The molecule has 2 N–H and O–H groups in total. The fourth-order valence-electron chi connectivity index (χ4n) is 3.18. The second-order valence-corrected chi connectivity index (χ2v) is 8.86. The summed E-state index contributed by atoms with van der Waals surface area (Å²) in [5.74, 6) is 0.316. The number of sulfonamides is 1. The zero-order valence-corrected chi connectivity index (χ0v) is 17.0. The van der Waals surface area contributed by atoms with Crippen LogP contribution >= 0.6 is 0 Å². The molecule has 0 aromatic heterocycles. The van der Waals surface area contributed by atoms with E-state index in [2.05, 4.69) is 15.7 Å². The Morgan fingerprint density at radius 1 is 1.17 bits per heavy atom. The molecule has 6 nitrogen and oxygen atoms in total. The van der Waals surface area contributed by atoms with Crippen molar-refractivity contribution in [2.45, 2.75) is 12.5 Å². The molecule has 0 spiro atoms. The smallest absolute Gasteiger partial charge is 0.229 e. The van der Waals surface area contributed by atoms with E-state index >= 15 is 0 Å². The van der Waals surface area contributed by atoms with Crippen molar-refractivity contribution >= 4 is 21.3 Å². The molecule has 0 fully saturated rings. The molecule has 1 aliphatic rings. The Morgan fingerprint density at radius 3 is 2.45 bits per heavy atom. The molecule has 2 aromatic carbocycles. The molecular weight excluding hydrogens is 395 g/mol. The van der Waals surface area contributed by atoms with Gasteiger partial charge in [-0.1, -0.05) is 18.2 Å². The van der Waals surface area contributed by atoms with Gasteiger partial charge >= 0.3 is 0 Å². The number of hydrogen-bond acceptors (Lipinski definition) is 5. The van der Waals surface area contributed by atoms with Crippen LogP contribution in [0.15, 0.2) is 54.6 Å². The highest BCUT2D eigenvalue weighted by Gasteiger charge is 2.17. The van der Waals surface area contributed by atoms with Crippen LogP contribution in [0.3, 0.4) is 0 Å². The number of β-amino-alcohol motifs (C(OH)–C–C–N with tert-alkyl or cyclic N) is 1. The van der Waals surface area contributed by atoms with Crippen molar-refractivity contribution in [2.75, 3.05) is 37.2 Å². The molecule has 0 saturated heterocycles. The highest BCUT2D eigenvalue weighted by molar-refractivity contribution is 7.92. The van der Waals surface area contributed by atoms with Crippen molar-refractivity contribution in [2.24, 2.45) is 0 Å². The molecular formula is C21H25FN2O4S. The van der Waals surface area contributed by atoms with Crippen molar-refractivity contribution in [1.82, 2.24) is 4.90 Å². The summed E-state index contributed by atoms with van der Waals surface area (Å²) in [4.78, 5) is 2.14. The summed E-state index contributed by atoms with van der Waals surface area (Å²) >= 11 is 0. The predicted octanol–water partition coefficient (Wildman–Crippen LogP) is 2.73. The van der Waals surface area contributed by atoms with E-state index in [9.17, 15) is 17.9 Å². The van der Waals surface area contributed by atoms with Crippen molar-refractivity contribution in [3.63, 3.8) is 0 Å². The minimum atomic E-state index is -3.31. The van der Waals surface area contributed by atoms with Crippen LogP contribution in [-0.2, 0) is 10.0 Å². The van der Waals surface area contributed by atoms with E-state index in [4.69, 9.17) is 4.74 Å². The second kappa shape index (κ2) is 9.39. The molecule has 1 unspecified atom stereocenters. The standard InChI is InChI=1S/C21H25FN2O4S/c1-29(26,27)23-19-6-8-21(9-7-19)28-15-20(25)14-24-12-10-17(11-13-24)16-2-4-18(22)5-3-16/h2-10,20,23,25H,11-15H2,1H3. The van der Waals surface area contributed by atoms with Crippen LogP contribution in [0.25, 0.3) is 5.57 Å². The molecule has 156 valence electrons. The average Bonchev–Trinajstić information content (AvgIpc) is 2.68. The fourth-order valence-corrected chi connectivity index (χ4v) is 3.74. The van der Waals surface area contributed by atoms with Gasteiger partial charge in [-0.05, 0) is 54.0 Å². The summed E-state index contributed by atoms with van der Waals surface area (Å²) in [6, 6.07) is 13.0. The van der Waals surface area contributed by atoms with Crippen molar-refractivity contribution in [1.29, 1.82) is 0 Å². The largest absolute Gasteiger partial charge is 0.491 e. The third-order valence-electron chi connectivity index (χ3n) is 4.58. The highest BCUT2D eigenvalue weighted by atomic mass is 32.2. The van der Waals surface area contributed by atoms with Crippen LogP contribution in [0.5, 0.6) is 5.75 Å². The number of hydrogen-bond donors (Lipinski definition) is 2. The topological polar surface area (TPSA) is 78.9 Å². The quantitative estimate of drug-likeness (QED) is 0.687. The van der Waals surface area contributed by atoms with Crippen LogP contribution in [-0.4, -0.2) is 57.0 Å². The molecule has 1 heterocycles. The van der Waals surface area contributed by atoms with Crippen molar-refractivity contribution in [3.05, 3.63) is 66.0 Å². The lowest BCUT2D eigenvalue weighted by Gasteiger charge is -2.28. The van der Waals surface area contributed by atoms with Gasteiger partial charge in [0, 0.05) is 25.3 Å². The Kier molecular flexibility index (Phi) is 6.89. The third-order valence-corrected chi connectivity index (χ3v) is 5.18. The predicted molar refractivity (Wildman–Crippen MR) is 112 cm³/mol. The first-order valence-corrected chi connectivity index (χ1v) is 11.2. The molecule has 0 aliphatic carbocycles. The van der Waals surface area contributed by atoms with Crippen LogP contribution in [0.1, 0.15) is 12.0 Å². The molecule has 0 amide bonds. The van der Waals surface area contributed by atoms with Crippen LogP contribution < -0.4 is 9.46 Å². The van der Waals surface area contributed by atoms with E-state index in [1.54, 1.807) is 36.4 Å². The number of ether oxygens (including phenoxy) is 1. The monoisotopic (exact) mass is 420 g/mol. The summed E-state index contributed by atoms with van der Waals surface area (Å²) in [7, 11) is -3.31. The third kappa shape index (κ3) is 6.85. The summed E-state index contributed by atoms with van der Waals surface area (Å²) in [5.41, 5.74) is 2.68. The van der Waals surface area contributed by atoms with Crippen LogP contribution in [0.4, 0.5) is 10.1 Å². The van der Waals surface area contributed by atoms with Gasteiger partial charge < -0.3 is 9.84 Å². The summed E-state index contributed by atoms with van der Waals surface area (Å²) < 4.78 is 43.4. The summed E-state index contributed by atoms with van der Waals surface area (Å²) in [6.45, 7) is 2.16. The Labute approximate surface area is 170 Å². The normalized spacial score (nSPS) is 16.2. The van der Waals surface area contributed by atoms with Crippen LogP contribution in [0, 0.1) is 5.82 Å². The summed E-state index contributed by atoms with van der Waals surface area (Å²) in [6.07, 6.45) is 3.39. The van der Waals surface area contributed by atoms with Gasteiger partial charge in [0.2, 0.25) is 10.0 Å². The molecule has 0 saturated carbocycles. The number of halogens is 1. The maximum absolute atomic E-state index is 13.0. The Bertz CT molecular complexity index is 944. The lowest BCUT2D eigenvalue weighted by atomic mass is 9.99. The molecule has 0 bridgehead atoms. The van der Waals surface area contributed by atoms with Gasteiger partial charge in [-0.3, -0.25) is 9.62 Å². The van der Waals surface area contributed by atoms with Gasteiger partial charge in [0.15, 0.2) is 0 Å². The van der Waals surface area contributed by atoms with Gasteiger partial charge in [-0.2, -0.15) is 0 Å². The number of rotatable bonds is 8. The first kappa shape index (κ1) is 21.3. The zero-order valence-electron chi connectivity index (χ0n) is 16.2. The number of aliphatic hydroxyl groups excluding tert-OH is 1. The molecule has 2 aromatic rings. The Balaban J connectivity index is 1.44. The minimum Gasteiger partial charge on any atom is -0.491 e. The molecule has 8 heteroatoms. The number of nitrogens with zero attached hydrogens (tertiary/aromatic N) is 1. The van der Waals surface area contributed by atoms with Gasteiger partial charge in [-0.15, -0.1) is 0 Å². The van der Waals surface area contributed by atoms with E-state index < -0.39 is 16.1 Å². The lowest BCUT2D eigenvalue weighted by molar-refractivity contribution is 0.0717. The van der Waals surface area contributed by atoms with Gasteiger partial charge in [0.1, 0.15) is 24.3 Å². The molecule has 29 heavy (non-hydrogen) atoms. The zero-order chi connectivity index (χ0) is 20.9.